The van der Waals surface area contributed by atoms with Crippen LogP contribution >= 0.6 is 22.9 Å². The fourth-order valence-corrected chi connectivity index (χ4v) is 4.57. The molecule has 0 amide bonds. The van der Waals surface area contributed by atoms with Crippen molar-refractivity contribution in [3.05, 3.63) is 50.7 Å². The van der Waals surface area contributed by atoms with Crippen LogP contribution in [-0.2, 0) is 21.7 Å². The van der Waals surface area contributed by atoms with E-state index >= 15 is 0 Å². The fourth-order valence-electron chi connectivity index (χ4n) is 3.15. The standard InChI is InChI=1S/C18H21ClO7S/c1-25-18(16(24)15(23)14(22)12(8-20)26-18)13-7-10(17(19)27-13)6-9-2-4-11(21)5-3-9/h2-5,7,12,14-16,20-24H,6,8H2,1H3/t12-,14-,15+,16-,18-/m1/s1. The largest absolute Gasteiger partial charge is 0.508 e. The zero-order chi connectivity index (χ0) is 19.8. The van der Waals surface area contributed by atoms with Gasteiger partial charge in [0.2, 0.25) is 5.79 Å². The number of aliphatic hydroxyl groups excluding tert-OH is 4. The minimum atomic E-state index is -1.77. The summed E-state index contributed by atoms with van der Waals surface area (Å²) >= 11 is 7.48. The van der Waals surface area contributed by atoms with Crippen molar-refractivity contribution in [2.75, 3.05) is 13.7 Å². The molecule has 0 spiro atoms. The zero-order valence-corrected chi connectivity index (χ0v) is 16.0. The van der Waals surface area contributed by atoms with Crippen molar-refractivity contribution < 1.29 is 35.0 Å². The Labute approximate surface area is 165 Å². The van der Waals surface area contributed by atoms with E-state index in [1.54, 1.807) is 30.3 Å². The molecule has 1 fully saturated rings. The predicted octanol–water partition coefficient (Wildman–Crippen LogP) is 0.971. The summed E-state index contributed by atoms with van der Waals surface area (Å²) in [6.45, 7) is -0.560. The Bertz CT molecular complexity index is 779. The Morgan fingerprint density at radius 3 is 2.44 bits per heavy atom. The average molecular weight is 417 g/mol. The van der Waals surface area contributed by atoms with Gasteiger partial charge in [-0.05, 0) is 35.7 Å². The molecule has 2 heterocycles. The molecule has 5 N–H and O–H groups in total. The van der Waals surface area contributed by atoms with Crippen molar-refractivity contribution in [1.29, 1.82) is 0 Å². The molecule has 148 valence electrons. The molecule has 3 rings (SSSR count). The van der Waals surface area contributed by atoms with Crippen molar-refractivity contribution in [3.8, 4) is 5.75 Å². The second-order valence-corrected chi connectivity index (χ2v) is 8.04. The summed E-state index contributed by atoms with van der Waals surface area (Å²) in [5, 5.41) is 49.5. The average Bonchev–Trinajstić information content (AvgIpc) is 3.03. The monoisotopic (exact) mass is 416 g/mol. The van der Waals surface area contributed by atoms with Gasteiger partial charge in [-0.25, -0.2) is 0 Å². The first-order valence-electron chi connectivity index (χ1n) is 8.27. The first-order valence-corrected chi connectivity index (χ1v) is 9.46. The van der Waals surface area contributed by atoms with E-state index in [2.05, 4.69) is 0 Å². The van der Waals surface area contributed by atoms with Gasteiger partial charge in [-0.2, -0.15) is 0 Å². The van der Waals surface area contributed by atoms with Crippen LogP contribution in [0.25, 0.3) is 0 Å². The fraction of sp³-hybridized carbons (Fsp3) is 0.444. The number of thiophene rings is 1. The minimum Gasteiger partial charge on any atom is -0.508 e. The van der Waals surface area contributed by atoms with Gasteiger partial charge in [0, 0.05) is 7.11 Å². The molecule has 1 saturated heterocycles. The third-order valence-electron chi connectivity index (χ3n) is 4.69. The van der Waals surface area contributed by atoms with Gasteiger partial charge in [0.05, 0.1) is 15.8 Å². The molecule has 0 saturated carbocycles. The summed E-state index contributed by atoms with van der Waals surface area (Å²) in [6.07, 6.45) is -5.28. The highest BCUT2D eigenvalue weighted by atomic mass is 35.5. The number of hydrogen-bond donors (Lipinski definition) is 5. The van der Waals surface area contributed by atoms with E-state index < -0.39 is 36.8 Å². The molecule has 9 heteroatoms. The number of methoxy groups -OCH3 is 1. The van der Waals surface area contributed by atoms with Gasteiger partial charge in [0.15, 0.2) is 0 Å². The zero-order valence-electron chi connectivity index (χ0n) is 14.4. The lowest BCUT2D eigenvalue weighted by Crippen LogP contribution is -2.64. The summed E-state index contributed by atoms with van der Waals surface area (Å²) in [7, 11) is 1.30. The highest BCUT2D eigenvalue weighted by Gasteiger charge is 2.56. The van der Waals surface area contributed by atoms with Crippen LogP contribution in [0.5, 0.6) is 5.75 Å². The van der Waals surface area contributed by atoms with Crippen molar-refractivity contribution >= 4 is 22.9 Å². The molecule has 2 aromatic rings. The van der Waals surface area contributed by atoms with Crippen molar-refractivity contribution in [2.45, 2.75) is 36.6 Å². The molecule has 0 unspecified atom stereocenters. The summed E-state index contributed by atoms with van der Waals surface area (Å²) in [6, 6.07) is 8.38. The summed E-state index contributed by atoms with van der Waals surface area (Å²) in [5.74, 6) is -1.61. The SMILES string of the molecule is CO[C@]1(c2cc(Cc3ccc(O)cc3)c(Cl)s2)O[C@H](CO)[C@@H](O)[C@H](O)[C@H]1O. The van der Waals surface area contributed by atoms with E-state index in [1.807, 2.05) is 0 Å². The summed E-state index contributed by atoms with van der Waals surface area (Å²) < 4.78 is 11.6. The lowest BCUT2D eigenvalue weighted by molar-refractivity contribution is -0.364. The number of aromatic hydroxyl groups is 1. The van der Waals surface area contributed by atoms with Gasteiger partial charge in [-0.3, -0.25) is 0 Å². The topological polar surface area (TPSA) is 120 Å². The van der Waals surface area contributed by atoms with Gasteiger partial charge in [-0.1, -0.05) is 23.7 Å². The van der Waals surface area contributed by atoms with Crippen LogP contribution in [0, 0.1) is 0 Å². The second kappa shape index (κ2) is 8.02. The third kappa shape index (κ3) is 3.72. The van der Waals surface area contributed by atoms with Gasteiger partial charge in [-0.15, -0.1) is 11.3 Å². The lowest BCUT2D eigenvalue weighted by atomic mass is 9.91. The van der Waals surface area contributed by atoms with Gasteiger partial charge >= 0.3 is 0 Å². The molecular formula is C18H21ClO7S. The molecule has 1 aromatic heterocycles. The normalized spacial score (nSPS) is 31.2. The lowest BCUT2D eigenvalue weighted by Gasteiger charge is -2.46. The van der Waals surface area contributed by atoms with E-state index in [0.29, 0.717) is 15.6 Å². The highest BCUT2D eigenvalue weighted by Crippen LogP contribution is 2.44. The molecule has 5 atom stereocenters. The van der Waals surface area contributed by atoms with Gasteiger partial charge in [0.1, 0.15) is 30.2 Å². The molecular weight excluding hydrogens is 396 g/mol. The van der Waals surface area contributed by atoms with Gasteiger partial charge < -0.3 is 35.0 Å². The predicted molar refractivity (Wildman–Crippen MR) is 98.9 cm³/mol. The number of phenols is 1. The molecule has 0 bridgehead atoms. The summed E-state index contributed by atoms with van der Waals surface area (Å²) in [5.41, 5.74) is 1.66. The van der Waals surface area contributed by atoms with Crippen molar-refractivity contribution in [1.82, 2.24) is 0 Å². The Kier molecular flexibility index (Phi) is 6.09. The van der Waals surface area contributed by atoms with Crippen LogP contribution in [0.15, 0.2) is 30.3 Å². The number of aliphatic hydroxyl groups is 4. The first-order chi connectivity index (χ1) is 12.8. The number of benzene rings is 1. The smallest absolute Gasteiger partial charge is 0.234 e. The maximum absolute atomic E-state index is 10.5. The van der Waals surface area contributed by atoms with Crippen LogP contribution in [0.3, 0.4) is 0 Å². The molecule has 7 nitrogen and oxygen atoms in total. The Hall–Kier alpha value is -1.23. The van der Waals surface area contributed by atoms with Crippen LogP contribution in [-0.4, -0.2) is 63.7 Å². The van der Waals surface area contributed by atoms with E-state index in [9.17, 15) is 25.5 Å². The van der Waals surface area contributed by atoms with Crippen molar-refractivity contribution in [2.24, 2.45) is 0 Å². The highest BCUT2D eigenvalue weighted by molar-refractivity contribution is 7.16. The quantitative estimate of drug-likeness (QED) is 0.492. The van der Waals surface area contributed by atoms with Crippen LogP contribution in [0.2, 0.25) is 4.34 Å². The molecule has 1 aromatic carbocycles. The molecule has 0 radical (unpaired) electrons. The number of hydrogen-bond acceptors (Lipinski definition) is 8. The minimum absolute atomic E-state index is 0.163. The maximum atomic E-state index is 10.5. The van der Waals surface area contributed by atoms with Gasteiger partial charge in [0.25, 0.3) is 0 Å². The maximum Gasteiger partial charge on any atom is 0.234 e. The van der Waals surface area contributed by atoms with E-state index in [-0.39, 0.29) is 5.75 Å². The number of phenolic OH excluding ortho intramolecular Hbond substituents is 1. The molecule has 27 heavy (non-hydrogen) atoms. The van der Waals surface area contributed by atoms with Crippen LogP contribution in [0.4, 0.5) is 0 Å². The van der Waals surface area contributed by atoms with Crippen LogP contribution in [0.1, 0.15) is 16.0 Å². The Morgan fingerprint density at radius 2 is 1.85 bits per heavy atom. The Morgan fingerprint density at radius 1 is 1.19 bits per heavy atom. The van der Waals surface area contributed by atoms with E-state index in [0.717, 1.165) is 22.5 Å². The summed E-state index contributed by atoms with van der Waals surface area (Å²) in [4.78, 5) is 0.403. The van der Waals surface area contributed by atoms with E-state index in [4.69, 9.17) is 21.1 Å². The molecule has 0 aliphatic carbocycles. The molecule has 1 aliphatic rings. The first kappa shape index (κ1) is 20.5. The second-order valence-electron chi connectivity index (χ2n) is 6.39. The Balaban J connectivity index is 1.95. The van der Waals surface area contributed by atoms with Crippen LogP contribution < -0.4 is 0 Å². The third-order valence-corrected chi connectivity index (χ3v) is 6.22. The van der Waals surface area contributed by atoms with Crippen molar-refractivity contribution in [3.63, 3.8) is 0 Å². The molecule has 1 aliphatic heterocycles. The van der Waals surface area contributed by atoms with E-state index in [1.165, 1.54) is 7.11 Å². The number of ether oxygens (including phenoxy) is 2. The number of rotatable bonds is 5. The number of halogens is 1.